The Morgan fingerprint density at radius 2 is 2.12 bits per heavy atom. The Balaban J connectivity index is 2.32. The van der Waals surface area contributed by atoms with E-state index in [1.807, 2.05) is 0 Å². The van der Waals surface area contributed by atoms with Gasteiger partial charge in [-0.3, -0.25) is 4.79 Å². The zero-order chi connectivity index (χ0) is 11.7. The molecule has 1 aromatic carbocycles. The Kier molecular flexibility index (Phi) is 2.99. The zero-order valence-corrected chi connectivity index (χ0v) is 10.1. The molecule has 0 bridgehead atoms. The number of hydrogen-bond acceptors (Lipinski definition) is 2. The molecular formula is C14H18O2. The van der Waals surface area contributed by atoms with Crippen molar-refractivity contribution >= 4 is 5.97 Å². The third-order valence-electron chi connectivity index (χ3n) is 3.66. The Labute approximate surface area is 96.6 Å². The van der Waals surface area contributed by atoms with E-state index in [4.69, 9.17) is 4.74 Å². The van der Waals surface area contributed by atoms with Crippen LogP contribution >= 0.6 is 0 Å². The van der Waals surface area contributed by atoms with Crippen LogP contribution in [0.2, 0.25) is 0 Å². The van der Waals surface area contributed by atoms with Gasteiger partial charge in [-0.2, -0.15) is 0 Å². The summed E-state index contributed by atoms with van der Waals surface area (Å²) >= 11 is 0. The number of methoxy groups -OCH3 is 1. The molecule has 0 spiro atoms. The number of aryl methyl sites for hydroxylation is 1. The molecule has 0 aromatic heterocycles. The lowest BCUT2D eigenvalue weighted by Gasteiger charge is -2.29. The number of benzene rings is 1. The highest BCUT2D eigenvalue weighted by Gasteiger charge is 2.31. The highest BCUT2D eigenvalue weighted by molar-refractivity contribution is 5.73. The Morgan fingerprint density at radius 1 is 1.38 bits per heavy atom. The molecule has 0 aliphatic heterocycles. The highest BCUT2D eigenvalue weighted by Crippen LogP contribution is 2.32. The van der Waals surface area contributed by atoms with E-state index in [1.54, 1.807) is 0 Å². The molecule has 0 fully saturated rings. The molecule has 2 rings (SSSR count). The van der Waals surface area contributed by atoms with Crippen molar-refractivity contribution in [2.45, 2.75) is 26.7 Å². The summed E-state index contributed by atoms with van der Waals surface area (Å²) in [5.74, 6) is 0.333. The van der Waals surface area contributed by atoms with Crippen molar-refractivity contribution < 1.29 is 9.53 Å². The van der Waals surface area contributed by atoms with E-state index in [2.05, 4.69) is 32.0 Å². The van der Waals surface area contributed by atoms with Gasteiger partial charge >= 0.3 is 5.97 Å². The smallest absolute Gasteiger partial charge is 0.309 e. The highest BCUT2D eigenvalue weighted by atomic mass is 16.5. The summed E-state index contributed by atoms with van der Waals surface area (Å²) in [4.78, 5) is 11.6. The van der Waals surface area contributed by atoms with Crippen LogP contribution in [0.3, 0.4) is 0 Å². The molecule has 1 aliphatic rings. The molecule has 1 aromatic rings. The van der Waals surface area contributed by atoms with Gasteiger partial charge in [0.25, 0.3) is 0 Å². The maximum Gasteiger partial charge on any atom is 0.309 e. The van der Waals surface area contributed by atoms with Gasteiger partial charge in [0, 0.05) is 0 Å². The summed E-state index contributed by atoms with van der Waals surface area (Å²) in [7, 11) is 1.47. The molecule has 2 heteroatoms. The van der Waals surface area contributed by atoms with Crippen LogP contribution in [0, 0.1) is 18.8 Å². The lowest BCUT2D eigenvalue weighted by Crippen LogP contribution is -2.31. The van der Waals surface area contributed by atoms with E-state index in [9.17, 15) is 4.79 Å². The average molecular weight is 218 g/mol. The van der Waals surface area contributed by atoms with Crippen LogP contribution in [0.5, 0.6) is 0 Å². The number of hydrogen-bond donors (Lipinski definition) is 0. The standard InChI is InChI=1S/C14H18O2/c1-9-5-4-6-11-8-13(14(15)16-3)10(2)7-12(9)11/h4-6,10,13H,7-8H2,1-3H3/t10-,13-/m1/s1. The molecule has 86 valence electrons. The number of carbonyl (C=O) groups is 1. The quantitative estimate of drug-likeness (QED) is 0.677. The van der Waals surface area contributed by atoms with Gasteiger partial charge in [-0.1, -0.05) is 25.1 Å². The maximum absolute atomic E-state index is 11.6. The first-order valence-electron chi connectivity index (χ1n) is 5.78. The summed E-state index contributed by atoms with van der Waals surface area (Å²) in [5, 5.41) is 0. The van der Waals surface area contributed by atoms with Crippen molar-refractivity contribution in [3.05, 3.63) is 34.9 Å². The van der Waals surface area contributed by atoms with Crippen LogP contribution in [-0.4, -0.2) is 13.1 Å². The van der Waals surface area contributed by atoms with Crippen LogP contribution in [-0.2, 0) is 22.4 Å². The Hall–Kier alpha value is -1.31. The summed E-state index contributed by atoms with van der Waals surface area (Å²) < 4.78 is 4.87. The fraction of sp³-hybridized carbons (Fsp3) is 0.500. The molecule has 16 heavy (non-hydrogen) atoms. The summed E-state index contributed by atoms with van der Waals surface area (Å²) in [6.45, 7) is 4.28. The molecule has 0 saturated heterocycles. The Bertz CT molecular complexity index is 409. The normalized spacial score (nSPS) is 23.7. The second kappa shape index (κ2) is 4.28. The summed E-state index contributed by atoms with van der Waals surface area (Å²) in [6.07, 6.45) is 1.81. The average Bonchev–Trinajstić information content (AvgIpc) is 2.29. The van der Waals surface area contributed by atoms with Crippen LogP contribution in [0.15, 0.2) is 18.2 Å². The molecule has 2 nitrogen and oxygen atoms in total. The topological polar surface area (TPSA) is 26.3 Å². The van der Waals surface area contributed by atoms with Crippen LogP contribution < -0.4 is 0 Å². The fourth-order valence-corrected chi connectivity index (χ4v) is 2.62. The van der Waals surface area contributed by atoms with E-state index in [1.165, 1.54) is 23.8 Å². The van der Waals surface area contributed by atoms with E-state index < -0.39 is 0 Å². The van der Waals surface area contributed by atoms with Gasteiger partial charge in [-0.15, -0.1) is 0 Å². The molecule has 0 heterocycles. The third-order valence-corrected chi connectivity index (χ3v) is 3.66. The molecule has 2 atom stereocenters. The fourth-order valence-electron chi connectivity index (χ4n) is 2.62. The minimum atomic E-state index is -0.0698. The van der Waals surface area contributed by atoms with Gasteiger partial charge in [-0.25, -0.2) is 0 Å². The minimum absolute atomic E-state index is 0.0271. The molecule has 0 saturated carbocycles. The van der Waals surface area contributed by atoms with Crippen molar-refractivity contribution in [2.75, 3.05) is 7.11 Å². The maximum atomic E-state index is 11.6. The second-order valence-electron chi connectivity index (χ2n) is 4.73. The first kappa shape index (κ1) is 11.2. The first-order valence-corrected chi connectivity index (χ1v) is 5.78. The minimum Gasteiger partial charge on any atom is -0.469 e. The summed E-state index contributed by atoms with van der Waals surface area (Å²) in [6, 6.07) is 6.34. The van der Waals surface area contributed by atoms with Gasteiger partial charge in [0.05, 0.1) is 13.0 Å². The Morgan fingerprint density at radius 3 is 2.81 bits per heavy atom. The molecule has 0 unspecified atom stereocenters. The molecule has 0 radical (unpaired) electrons. The third kappa shape index (κ3) is 1.84. The van der Waals surface area contributed by atoms with E-state index in [0.717, 1.165) is 12.8 Å². The molecular weight excluding hydrogens is 200 g/mol. The molecule has 0 amide bonds. The largest absolute Gasteiger partial charge is 0.469 e. The van der Waals surface area contributed by atoms with Crippen molar-refractivity contribution in [1.82, 2.24) is 0 Å². The predicted octanol–water partition coefficient (Wildman–Crippen LogP) is 2.52. The van der Waals surface area contributed by atoms with E-state index in [-0.39, 0.29) is 11.9 Å². The van der Waals surface area contributed by atoms with E-state index in [0.29, 0.717) is 5.92 Å². The van der Waals surface area contributed by atoms with Gasteiger partial charge in [0.15, 0.2) is 0 Å². The van der Waals surface area contributed by atoms with Crippen LogP contribution in [0.25, 0.3) is 0 Å². The molecule has 0 N–H and O–H groups in total. The number of fused-ring (bicyclic) bond motifs is 1. The van der Waals surface area contributed by atoms with Gasteiger partial charge in [0.2, 0.25) is 0 Å². The second-order valence-corrected chi connectivity index (χ2v) is 4.73. The summed E-state index contributed by atoms with van der Waals surface area (Å²) in [5.41, 5.74) is 4.08. The molecule has 1 aliphatic carbocycles. The van der Waals surface area contributed by atoms with Crippen LogP contribution in [0.4, 0.5) is 0 Å². The predicted molar refractivity (Wildman–Crippen MR) is 63.3 cm³/mol. The van der Waals surface area contributed by atoms with Crippen molar-refractivity contribution in [1.29, 1.82) is 0 Å². The first-order chi connectivity index (χ1) is 7.63. The number of rotatable bonds is 1. The SMILES string of the molecule is COC(=O)[C@@H]1Cc2cccc(C)c2C[C@H]1C. The van der Waals surface area contributed by atoms with Gasteiger partial charge in [-0.05, 0) is 42.4 Å². The van der Waals surface area contributed by atoms with E-state index >= 15 is 0 Å². The number of ether oxygens (including phenoxy) is 1. The zero-order valence-electron chi connectivity index (χ0n) is 10.1. The number of carbonyl (C=O) groups excluding carboxylic acids is 1. The van der Waals surface area contributed by atoms with Crippen LogP contribution in [0.1, 0.15) is 23.6 Å². The lowest BCUT2D eigenvalue weighted by atomic mass is 9.75. The number of esters is 1. The van der Waals surface area contributed by atoms with Crippen molar-refractivity contribution in [2.24, 2.45) is 11.8 Å². The van der Waals surface area contributed by atoms with Crippen molar-refractivity contribution in [3.8, 4) is 0 Å². The van der Waals surface area contributed by atoms with Gasteiger partial charge < -0.3 is 4.74 Å². The monoisotopic (exact) mass is 218 g/mol. The van der Waals surface area contributed by atoms with Gasteiger partial charge in [0.1, 0.15) is 0 Å². The lowest BCUT2D eigenvalue weighted by molar-refractivity contribution is -0.147. The van der Waals surface area contributed by atoms with Crippen molar-refractivity contribution in [3.63, 3.8) is 0 Å².